The smallest absolute Gasteiger partial charge is 0.332 e. The lowest BCUT2D eigenvalue weighted by Gasteiger charge is -2.20. The minimum atomic E-state index is -0.643. The van der Waals surface area contributed by atoms with Crippen molar-refractivity contribution in [2.45, 2.75) is 46.7 Å². The number of imide groups is 1. The van der Waals surface area contributed by atoms with E-state index in [1.165, 1.54) is 10.5 Å². The van der Waals surface area contributed by atoms with Gasteiger partial charge in [0.25, 0.3) is 5.91 Å². The number of urea groups is 1. The fourth-order valence-corrected chi connectivity index (χ4v) is 3.46. The number of hydrogen-bond donors (Lipinski definition) is 1. The van der Waals surface area contributed by atoms with E-state index < -0.39 is 12.1 Å². The molecule has 1 N–H and O–H groups in total. The van der Waals surface area contributed by atoms with E-state index in [-0.39, 0.29) is 24.4 Å². The molecule has 0 saturated carbocycles. The molecule has 2 atom stereocenters. The van der Waals surface area contributed by atoms with Crippen molar-refractivity contribution in [1.29, 1.82) is 0 Å². The van der Waals surface area contributed by atoms with Crippen LogP contribution in [0, 0.1) is 20.8 Å². The standard InChI is InChI=1S/C23H27N3O3/c1-14-6-10-20(11-7-14)26-18(5)22(28)25(23(26)29)13-21(27)24-17(4)19-9-8-15(2)16(3)12-19/h6-12,17-18H,13H2,1-5H3,(H,24,27)/t17-,18-/m0/s1. The molecule has 3 rings (SSSR count). The molecule has 29 heavy (non-hydrogen) atoms. The van der Waals surface area contributed by atoms with Gasteiger partial charge in [0, 0.05) is 5.69 Å². The number of rotatable bonds is 5. The Labute approximate surface area is 171 Å². The summed E-state index contributed by atoms with van der Waals surface area (Å²) < 4.78 is 0. The monoisotopic (exact) mass is 393 g/mol. The molecule has 152 valence electrons. The molecule has 1 saturated heterocycles. The number of nitrogens with zero attached hydrogens (tertiary/aromatic N) is 2. The van der Waals surface area contributed by atoms with Crippen molar-refractivity contribution in [2.75, 3.05) is 11.4 Å². The molecule has 0 aliphatic carbocycles. The van der Waals surface area contributed by atoms with E-state index in [4.69, 9.17) is 0 Å². The van der Waals surface area contributed by atoms with E-state index in [9.17, 15) is 14.4 Å². The zero-order valence-corrected chi connectivity index (χ0v) is 17.5. The molecule has 0 unspecified atom stereocenters. The Balaban J connectivity index is 1.69. The second-order valence-corrected chi connectivity index (χ2v) is 7.72. The summed E-state index contributed by atoms with van der Waals surface area (Å²) >= 11 is 0. The molecule has 2 aromatic rings. The van der Waals surface area contributed by atoms with Crippen molar-refractivity contribution in [1.82, 2.24) is 10.2 Å². The van der Waals surface area contributed by atoms with Gasteiger partial charge in [0.15, 0.2) is 0 Å². The summed E-state index contributed by atoms with van der Waals surface area (Å²) in [5, 5.41) is 2.88. The number of carbonyl (C=O) groups excluding carboxylic acids is 3. The summed E-state index contributed by atoms with van der Waals surface area (Å²) in [6.45, 7) is 9.29. The molecule has 0 radical (unpaired) electrons. The number of nitrogens with one attached hydrogen (secondary N) is 1. The quantitative estimate of drug-likeness (QED) is 0.789. The van der Waals surface area contributed by atoms with Gasteiger partial charge in [0.2, 0.25) is 5.91 Å². The summed E-state index contributed by atoms with van der Waals surface area (Å²) in [5.41, 5.74) is 5.03. The molecule has 0 aromatic heterocycles. The van der Waals surface area contributed by atoms with Gasteiger partial charge in [-0.05, 0) is 63.4 Å². The van der Waals surface area contributed by atoms with Gasteiger partial charge in [-0.3, -0.25) is 19.4 Å². The molecular formula is C23H27N3O3. The fraction of sp³-hybridized carbons (Fsp3) is 0.348. The molecule has 4 amide bonds. The number of benzene rings is 2. The number of amides is 4. The molecular weight excluding hydrogens is 366 g/mol. The van der Waals surface area contributed by atoms with Gasteiger partial charge in [-0.2, -0.15) is 0 Å². The lowest BCUT2D eigenvalue weighted by Crippen LogP contribution is -2.42. The first-order chi connectivity index (χ1) is 13.7. The topological polar surface area (TPSA) is 69.7 Å². The average Bonchev–Trinajstić information content (AvgIpc) is 2.88. The number of aryl methyl sites for hydroxylation is 3. The van der Waals surface area contributed by atoms with Gasteiger partial charge in [0.05, 0.1) is 6.04 Å². The van der Waals surface area contributed by atoms with Crippen LogP contribution in [0.5, 0.6) is 0 Å². The molecule has 6 heteroatoms. The normalized spacial score (nSPS) is 17.6. The molecule has 1 fully saturated rings. The van der Waals surface area contributed by atoms with E-state index in [2.05, 4.69) is 5.32 Å². The molecule has 1 aliphatic rings. The van der Waals surface area contributed by atoms with Gasteiger partial charge < -0.3 is 5.32 Å². The van der Waals surface area contributed by atoms with Crippen LogP contribution in [-0.2, 0) is 9.59 Å². The van der Waals surface area contributed by atoms with Crippen LogP contribution in [0.1, 0.15) is 42.1 Å². The largest absolute Gasteiger partial charge is 0.348 e. The molecule has 2 aromatic carbocycles. The summed E-state index contributed by atoms with van der Waals surface area (Å²) in [4.78, 5) is 40.5. The first kappa shape index (κ1) is 20.6. The number of carbonyl (C=O) groups is 3. The van der Waals surface area contributed by atoms with E-state index in [1.807, 2.05) is 70.2 Å². The average molecular weight is 393 g/mol. The molecule has 0 spiro atoms. The van der Waals surface area contributed by atoms with Gasteiger partial charge >= 0.3 is 6.03 Å². The number of hydrogen-bond acceptors (Lipinski definition) is 3. The highest BCUT2D eigenvalue weighted by atomic mass is 16.2. The first-order valence-electron chi connectivity index (χ1n) is 9.76. The van der Waals surface area contributed by atoms with Gasteiger partial charge in [-0.15, -0.1) is 0 Å². The van der Waals surface area contributed by atoms with E-state index in [0.29, 0.717) is 5.69 Å². The lowest BCUT2D eigenvalue weighted by atomic mass is 10.0. The summed E-state index contributed by atoms with van der Waals surface area (Å²) in [6, 6.07) is 12.1. The molecule has 6 nitrogen and oxygen atoms in total. The van der Waals surface area contributed by atoms with Crippen LogP contribution in [0.15, 0.2) is 42.5 Å². The lowest BCUT2D eigenvalue weighted by molar-refractivity contribution is -0.132. The maximum atomic E-state index is 12.8. The summed E-state index contributed by atoms with van der Waals surface area (Å²) in [6.07, 6.45) is 0. The van der Waals surface area contributed by atoms with Crippen molar-refractivity contribution in [3.63, 3.8) is 0 Å². The zero-order chi connectivity index (χ0) is 21.3. The third-order valence-electron chi connectivity index (χ3n) is 5.47. The van der Waals surface area contributed by atoms with Crippen molar-refractivity contribution in [3.05, 3.63) is 64.7 Å². The van der Waals surface area contributed by atoms with Gasteiger partial charge in [-0.25, -0.2) is 4.79 Å². The Kier molecular flexibility index (Phi) is 5.73. The minimum Gasteiger partial charge on any atom is -0.348 e. The Bertz CT molecular complexity index is 952. The van der Waals surface area contributed by atoms with Crippen LogP contribution >= 0.6 is 0 Å². The maximum absolute atomic E-state index is 12.8. The molecule has 1 heterocycles. The van der Waals surface area contributed by atoms with Crippen LogP contribution in [-0.4, -0.2) is 35.3 Å². The predicted molar refractivity (Wildman–Crippen MR) is 113 cm³/mol. The Morgan fingerprint density at radius 3 is 2.31 bits per heavy atom. The van der Waals surface area contributed by atoms with Crippen LogP contribution in [0.25, 0.3) is 0 Å². The second kappa shape index (κ2) is 8.07. The van der Waals surface area contributed by atoms with Crippen molar-refractivity contribution in [3.8, 4) is 0 Å². The van der Waals surface area contributed by atoms with E-state index in [1.54, 1.807) is 6.92 Å². The fourth-order valence-electron chi connectivity index (χ4n) is 3.46. The zero-order valence-electron chi connectivity index (χ0n) is 17.5. The summed E-state index contributed by atoms with van der Waals surface area (Å²) in [5.74, 6) is -0.736. The van der Waals surface area contributed by atoms with Crippen molar-refractivity contribution < 1.29 is 14.4 Å². The Hall–Kier alpha value is -3.15. The van der Waals surface area contributed by atoms with E-state index >= 15 is 0 Å². The Morgan fingerprint density at radius 1 is 1.03 bits per heavy atom. The predicted octanol–water partition coefficient (Wildman–Crippen LogP) is 3.65. The van der Waals surface area contributed by atoms with Crippen LogP contribution in [0.4, 0.5) is 10.5 Å². The number of anilines is 1. The SMILES string of the molecule is Cc1ccc(N2C(=O)N(CC(=O)N[C@@H](C)c3ccc(C)c(C)c3)C(=O)[C@@H]2C)cc1. The van der Waals surface area contributed by atoms with Crippen LogP contribution in [0.3, 0.4) is 0 Å². The van der Waals surface area contributed by atoms with Crippen molar-refractivity contribution >= 4 is 23.5 Å². The van der Waals surface area contributed by atoms with Crippen LogP contribution in [0.2, 0.25) is 0 Å². The van der Waals surface area contributed by atoms with E-state index in [0.717, 1.165) is 21.6 Å². The van der Waals surface area contributed by atoms with Gasteiger partial charge in [0.1, 0.15) is 12.6 Å². The van der Waals surface area contributed by atoms with Crippen molar-refractivity contribution in [2.24, 2.45) is 0 Å². The third kappa shape index (κ3) is 4.16. The first-order valence-corrected chi connectivity index (χ1v) is 9.76. The highest BCUT2D eigenvalue weighted by molar-refractivity contribution is 6.15. The Morgan fingerprint density at radius 2 is 1.69 bits per heavy atom. The third-order valence-corrected chi connectivity index (χ3v) is 5.47. The van der Waals surface area contributed by atoms with Crippen LogP contribution < -0.4 is 10.2 Å². The summed E-state index contributed by atoms with van der Waals surface area (Å²) in [7, 11) is 0. The molecule has 1 aliphatic heterocycles. The maximum Gasteiger partial charge on any atom is 0.332 e. The van der Waals surface area contributed by atoms with Gasteiger partial charge in [-0.1, -0.05) is 35.9 Å². The highest BCUT2D eigenvalue weighted by Gasteiger charge is 2.44. The minimum absolute atomic E-state index is 0.222. The highest BCUT2D eigenvalue weighted by Crippen LogP contribution is 2.26. The second-order valence-electron chi connectivity index (χ2n) is 7.72. The molecule has 0 bridgehead atoms.